The zero-order valence-electron chi connectivity index (χ0n) is 8.86. The van der Waals surface area contributed by atoms with E-state index in [0.29, 0.717) is 28.8 Å². The van der Waals surface area contributed by atoms with E-state index in [2.05, 4.69) is 4.98 Å². The molecule has 3 nitrogen and oxygen atoms in total. The molecule has 7 heteroatoms. The van der Waals surface area contributed by atoms with Gasteiger partial charge in [-0.2, -0.15) is 13.2 Å². The van der Waals surface area contributed by atoms with Gasteiger partial charge in [0.2, 0.25) is 0 Å². The number of halogens is 3. The second-order valence-electron chi connectivity index (χ2n) is 3.44. The van der Waals surface area contributed by atoms with Crippen LogP contribution in [-0.4, -0.2) is 12.0 Å². The Morgan fingerprint density at radius 3 is 2.76 bits per heavy atom. The van der Waals surface area contributed by atoms with Crippen LogP contribution in [0, 0.1) is 0 Å². The monoisotopic (exact) mass is 262 g/mol. The van der Waals surface area contributed by atoms with Gasteiger partial charge in [0.05, 0.1) is 19.0 Å². The molecule has 2 rings (SSSR count). The second-order valence-corrected chi connectivity index (χ2v) is 4.45. The van der Waals surface area contributed by atoms with Gasteiger partial charge in [-0.25, -0.2) is 4.98 Å². The van der Waals surface area contributed by atoms with Crippen molar-refractivity contribution in [3.63, 3.8) is 0 Å². The Bertz CT molecular complexity index is 478. The Morgan fingerprint density at radius 2 is 2.24 bits per heavy atom. The van der Waals surface area contributed by atoms with E-state index in [4.69, 9.17) is 4.42 Å². The summed E-state index contributed by atoms with van der Waals surface area (Å²) < 4.78 is 42.2. The highest BCUT2D eigenvalue weighted by Crippen LogP contribution is 2.36. The number of alkyl halides is 3. The first-order chi connectivity index (χ1) is 7.97. The molecular weight excluding hydrogens is 253 g/mol. The summed E-state index contributed by atoms with van der Waals surface area (Å²) in [4.78, 5) is 4.66. The van der Waals surface area contributed by atoms with Crippen molar-refractivity contribution in [2.75, 3.05) is 11.9 Å². The second kappa shape index (κ2) is 4.40. The van der Waals surface area contributed by atoms with Crippen LogP contribution < -0.4 is 4.90 Å². The lowest BCUT2D eigenvalue weighted by Gasteiger charge is -2.13. The third kappa shape index (κ3) is 2.79. The van der Waals surface area contributed by atoms with Gasteiger partial charge >= 0.3 is 6.18 Å². The lowest BCUT2D eigenvalue weighted by atomic mass is 10.4. The number of hydrogen-bond acceptors (Lipinski definition) is 4. The molecule has 0 amide bonds. The SMILES string of the molecule is CN(Cc1ccco1)c1ncc(C(F)(F)F)s1. The molecule has 0 aromatic carbocycles. The Labute approximate surface area is 99.5 Å². The van der Waals surface area contributed by atoms with Crippen LogP contribution in [-0.2, 0) is 12.7 Å². The molecule has 0 fully saturated rings. The van der Waals surface area contributed by atoms with Crippen molar-refractivity contribution in [1.82, 2.24) is 4.98 Å². The molecule has 0 aliphatic rings. The standard InChI is InChI=1S/C10H9F3N2OS/c1-15(6-7-3-2-4-16-7)9-14-5-8(17-9)10(11,12)13/h2-5H,6H2,1H3. The van der Waals surface area contributed by atoms with E-state index in [9.17, 15) is 13.2 Å². The van der Waals surface area contributed by atoms with E-state index in [-0.39, 0.29) is 0 Å². The number of aromatic nitrogens is 1. The fourth-order valence-corrected chi connectivity index (χ4v) is 2.02. The molecule has 2 aromatic rings. The third-order valence-electron chi connectivity index (χ3n) is 2.07. The first kappa shape index (κ1) is 12.0. The Kier molecular flexibility index (Phi) is 3.10. The van der Waals surface area contributed by atoms with Gasteiger partial charge in [0.25, 0.3) is 0 Å². The highest BCUT2D eigenvalue weighted by molar-refractivity contribution is 7.15. The molecule has 0 aliphatic carbocycles. The minimum absolute atomic E-state index is 0.314. The van der Waals surface area contributed by atoms with Crippen LogP contribution in [0.1, 0.15) is 10.6 Å². The zero-order valence-corrected chi connectivity index (χ0v) is 9.68. The highest BCUT2D eigenvalue weighted by Gasteiger charge is 2.33. The average Bonchev–Trinajstić information content (AvgIpc) is 2.85. The van der Waals surface area contributed by atoms with E-state index in [1.54, 1.807) is 24.1 Å². The van der Waals surface area contributed by atoms with Crippen molar-refractivity contribution in [2.45, 2.75) is 12.7 Å². The summed E-state index contributed by atoms with van der Waals surface area (Å²) in [6.45, 7) is 0.387. The third-order valence-corrected chi connectivity index (χ3v) is 3.23. The fourth-order valence-electron chi connectivity index (χ4n) is 1.28. The zero-order chi connectivity index (χ0) is 12.5. The summed E-state index contributed by atoms with van der Waals surface area (Å²) in [5.41, 5.74) is 0. The van der Waals surface area contributed by atoms with Crippen molar-refractivity contribution in [2.24, 2.45) is 0 Å². The normalized spacial score (nSPS) is 11.8. The first-order valence-electron chi connectivity index (χ1n) is 4.73. The number of anilines is 1. The maximum absolute atomic E-state index is 12.4. The summed E-state index contributed by atoms with van der Waals surface area (Å²) in [6.07, 6.45) is -1.97. The van der Waals surface area contributed by atoms with Crippen LogP contribution in [0.25, 0.3) is 0 Å². The number of furan rings is 1. The van der Waals surface area contributed by atoms with Gasteiger partial charge in [-0.3, -0.25) is 0 Å². The van der Waals surface area contributed by atoms with Crippen LogP contribution in [0.3, 0.4) is 0 Å². The lowest BCUT2D eigenvalue weighted by molar-refractivity contribution is -0.134. The van der Waals surface area contributed by atoms with Gasteiger partial charge in [-0.1, -0.05) is 11.3 Å². The van der Waals surface area contributed by atoms with Crippen LogP contribution in [0.15, 0.2) is 29.0 Å². The van der Waals surface area contributed by atoms with Gasteiger partial charge in [0.1, 0.15) is 10.6 Å². The summed E-state index contributed by atoms with van der Waals surface area (Å²) in [5.74, 6) is 0.677. The number of thiazole rings is 1. The van der Waals surface area contributed by atoms with Crippen LogP contribution in [0.4, 0.5) is 18.3 Å². The number of hydrogen-bond donors (Lipinski definition) is 0. The predicted octanol–water partition coefficient (Wildman–Crippen LogP) is 3.39. The summed E-state index contributed by atoms with van der Waals surface area (Å²) in [7, 11) is 1.67. The molecule has 0 aliphatic heterocycles. The molecule has 2 heterocycles. The smallest absolute Gasteiger partial charge is 0.427 e. The maximum Gasteiger partial charge on any atom is 0.427 e. The highest BCUT2D eigenvalue weighted by atomic mass is 32.1. The van der Waals surface area contributed by atoms with Gasteiger partial charge in [0.15, 0.2) is 5.13 Å². The molecule has 0 saturated carbocycles. The van der Waals surface area contributed by atoms with E-state index < -0.39 is 11.1 Å². The number of rotatable bonds is 3. The summed E-state index contributed by atoms with van der Waals surface area (Å²) >= 11 is 0.618. The largest absolute Gasteiger partial charge is 0.467 e. The van der Waals surface area contributed by atoms with Crippen LogP contribution >= 0.6 is 11.3 Å². The lowest BCUT2D eigenvalue weighted by Crippen LogP contribution is -2.15. The first-order valence-corrected chi connectivity index (χ1v) is 5.55. The molecule has 0 bridgehead atoms. The van der Waals surface area contributed by atoms with Crippen molar-refractivity contribution in [1.29, 1.82) is 0 Å². The fraction of sp³-hybridized carbons (Fsp3) is 0.300. The molecular formula is C10H9F3N2OS. The van der Waals surface area contributed by atoms with Crippen molar-refractivity contribution in [3.05, 3.63) is 35.2 Å². The van der Waals surface area contributed by atoms with Gasteiger partial charge in [-0.05, 0) is 12.1 Å². The number of nitrogens with zero attached hydrogens (tertiary/aromatic N) is 2. The average molecular weight is 262 g/mol. The summed E-state index contributed by atoms with van der Waals surface area (Å²) in [6, 6.07) is 3.49. The quantitative estimate of drug-likeness (QED) is 0.849. The van der Waals surface area contributed by atoms with Crippen molar-refractivity contribution in [3.8, 4) is 0 Å². The maximum atomic E-state index is 12.4. The Balaban J connectivity index is 2.10. The van der Waals surface area contributed by atoms with E-state index in [0.717, 1.165) is 6.20 Å². The summed E-state index contributed by atoms with van der Waals surface area (Å²) in [5, 5.41) is 0.314. The molecule has 0 atom stereocenters. The minimum Gasteiger partial charge on any atom is -0.467 e. The van der Waals surface area contributed by atoms with Gasteiger partial charge < -0.3 is 9.32 Å². The van der Waals surface area contributed by atoms with Crippen molar-refractivity contribution < 1.29 is 17.6 Å². The topological polar surface area (TPSA) is 29.3 Å². The molecule has 0 N–H and O–H groups in total. The Morgan fingerprint density at radius 1 is 1.47 bits per heavy atom. The molecule has 17 heavy (non-hydrogen) atoms. The molecule has 0 unspecified atom stereocenters. The van der Waals surface area contributed by atoms with E-state index >= 15 is 0 Å². The molecule has 0 radical (unpaired) electrons. The molecule has 0 spiro atoms. The molecule has 2 aromatic heterocycles. The molecule has 0 saturated heterocycles. The van der Waals surface area contributed by atoms with Gasteiger partial charge in [-0.15, -0.1) is 0 Å². The predicted molar refractivity (Wildman–Crippen MR) is 57.9 cm³/mol. The van der Waals surface area contributed by atoms with E-state index in [1.165, 1.54) is 6.26 Å². The van der Waals surface area contributed by atoms with Crippen LogP contribution in [0.5, 0.6) is 0 Å². The van der Waals surface area contributed by atoms with Crippen molar-refractivity contribution >= 4 is 16.5 Å². The Hall–Kier alpha value is -1.50. The van der Waals surface area contributed by atoms with Gasteiger partial charge in [0, 0.05) is 7.05 Å². The van der Waals surface area contributed by atoms with E-state index in [1.807, 2.05) is 0 Å². The van der Waals surface area contributed by atoms with Crippen LogP contribution in [0.2, 0.25) is 0 Å². The molecule has 92 valence electrons. The minimum atomic E-state index is -4.33.